The fourth-order valence-corrected chi connectivity index (χ4v) is 9.31. The third-order valence-electron chi connectivity index (χ3n) is 9.30. The molecule has 0 unspecified atom stereocenters. The molecule has 0 fully saturated rings. The van der Waals surface area contributed by atoms with Gasteiger partial charge in [0.1, 0.15) is 0 Å². The molecule has 0 bridgehead atoms. The summed E-state index contributed by atoms with van der Waals surface area (Å²) < 4.78 is 2.94. The molecular weight excluding hydrogens is 593 g/mol. The van der Waals surface area contributed by atoms with Crippen molar-refractivity contribution in [2.75, 3.05) is 0 Å². The molecule has 2 heterocycles. The summed E-state index contributed by atoms with van der Waals surface area (Å²) in [4.78, 5) is 2.75. The third-order valence-corrected chi connectivity index (χ3v) is 11.8. The highest BCUT2D eigenvalue weighted by Gasteiger charge is 2.20. The lowest BCUT2D eigenvalue weighted by Gasteiger charge is -2.14. The first-order valence-electron chi connectivity index (χ1n) is 17.1. The fraction of sp³-hybridized carbons (Fsp3) is 0.227. The van der Waals surface area contributed by atoms with Crippen molar-refractivity contribution in [3.63, 3.8) is 0 Å². The van der Waals surface area contributed by atoms with Crippen LogP contribution in [0.1, 0.15) is 63.5 Å². The van der Waals surface area contributed by atoms with Gasteiger partial charge in [0, 0.05) is 9.75 Å². The van der Waals surface area contributed by atoms with Crippen molar-refractivity contribution in [1.82, 2.24) is 0 Å². The molecule has 2 heteroatoms. The van der Waals surface area contributed by atoms with Crippen LogP contribution >= 0.6 is 22.7 Å². The first-order chi connectivity index (χ1) is 22.7. The molecule has 46 heavy (non-hydrogen) atoms. The molecule has 0 saturated carbocycles. The Kier molecular flexibility index (Phi) is 9.47. The van der Waals surface area contributed by atoms with Crippen molar-refractivity contribution < 1.29 is 0 Å². The predicted molar refractivity (Wildman–Crippen MR) is 205 cm³/mol. The van der Waals surface area contributed by atoms with Crippen LogP contribution in [-0.4, -0.2) is 0 Å². The molecule has 7 rings (SSSR count). The van der Waals surface area contributed by atoms with Gasteiger partial charge in [-0.3, -0.25) is 0 Å². The average molecular weight is 635 g/mol. The van der Waals surface area contributed by atoms with Gasteiger partial charge in [0.25, 0.3) is 0 Å². The Bertz CT molecular complexity index is 1880. The molecule has 0 nitrogen and oxygen atoms in total. The summed E-state index contributed by atoms with van der Waals surface area (Å²) in [7, 11) is 0. The first kappa shape index (κ1) is 30.7. The molecule has 0 N–H and O–H groups in total. The van der Waals surface area contributed by atoms with Gasteiger partial charge in [0.2, 0.25) is 0 Å². The molecule has 0 spiro atoms. The number of fused-ring (bicyclic) bond motifs is 3. The van der Waals surface area contributed by atoms with Gasteiger partial charge in [-0.25, -0.2) is 0 Å². The van der Waals surface area contributed by atoms with Gasteiger partial charge in [-0.05, 0) is 93.1 Å². The van der Waals surface area contributed by atoms with Crippen LogP contribution in [0.3, 0.4) is 0 Å². The van der Waals surface area contributed by atoms with Gasteiger partial charge in [0.15, 0.2) is 0 Å². The van der Waals surface area contributed by atoms with Gasteiger partial charge in [-0.2, -0.15) is 0 Å². The second kappa shape index (κ2) is 14.2. The van der Waals surface area contributed by atoms with Gasteiger partial charge in [-0.1, -0.05) is 149 Å². The van der Waals surface area contributed by atoms with Crippen LogP contribution in [0.2, 0.25) is 0 Å². The van der Waals surface area contributed by atoms with Crippen LogP contribution in [0.4, 0.5) is 0 Å². The average Bonchev–Trinajstić information content (AvgIpc) is 3.76. The molecule has 2 aromatic heterocycles. The highest BCUT2D eigenvalue weighted by molar-refractivity contribution is 7.30. The Labute approximate surface area is 282 Å². The van der Waals surface area contributed by atoms with E-state index in [1.54, 1.807) is 11.1 Å². The van der Waals surface area contributed by atoms with Gasteiger partial charge in [0.05, 0.1) is 9.40 Å². The maximum absolute atomic E-state index is 2.52. The largest absolute Gasteiger partial charge is 0.134 e. The zero-order valence-corrected chi connectivity index (χ0v) is 28.7. The predicted octanol–water partition coefficient (Wildman–Crippen LogP) is 14.2. The van der Waals surface area contributed by atoms with E-state index in [0.717, 1.165) is 0 Å². The maximum Gasteiger partial charge on any atom is 0.0530 e. The van der Waals surface area contributed by atoms with Gasteiger partial charge in [-0.15, -0.1) is 22.7 Å². The molecule has 0 aliphatic heterocycles. The SMILES string of the molecule is CCCCCc1c(CCCCC)c2cc(-c3ccc(-c4ccccc4)cc3)sc2c2sc(-c3ccc(-c4ccccc4)cc3)cc12. The molecule has 0 saturated heterocycles. The number of aryl methyl sites for hydroxylation is 2. The lowest BCUT2D eigenvalue weighted by molar-refractivity contribution is 0.698. The Hall–Kier alpha value is -3.98. The fourth-order valence-electron chi connectivity index (χ4n) is 6.77. The topological polar surface area (TPSA) is 0 Å². The number of benzene rings is 5. The molecule has 0 aliphatic carbocycles. The highest BCUT2D eigenvalue weighted by Crippen LogP contribution is 2.47. The minimum absolute atomic E-state index is 1.17. The first-order valence-corrected chi connectivity index (χ1v) is 18.7. The van der Waals surface area contributed by atoms with Gasteiger partial charge >= 0.3 is 0 Å². The zero-order valence-electron chi connectivity index (χ0n) is 27.0. The van der Waals surface area contributed by atoms with E-state index < -0.39 is 0 Å². The Balaban J connectivity index is 1.35. The molecule has 0 atom stereocenters. The molecule has 5 aromatic carbocycles. The molecule has 7 aromatic rings. The lowest BCUT2D eigenvalue weighted by atomic mass is 9.91. The summed E-state index contributed by atoms with van der Waals surface area (Å²) in [5.74, 6) is 0. The van der Waals surface area contributed by atoms with E-state index in [9.17, 15) is 0 Å². The van der Waals surface area contributed by atoms with Crippen molar-refractivity contribution in [2.45, 2.75) is 65.2 Å². The summed E-state index contributed by atoms with van der Waals surface area (Å²) in [5.41, 5.74) is 10.9. The molecule has 0 amide bonds. The Morgan fingerprint density at radius 2 is 0.739 bits per heavy atom. The Morgan fingerprint density at radius 3 is 1.11 bits per heavy atom. The van der Waals surface area contributed by atoms with Crippen LogP contribution in [0.15, 0.2) is 121 Å². The van der Waals surface area contributed by atoms with E-state index in [2.05, 4.69) is 135 Å². The summed E-state index contributed by atoms with van der Waals surface area (Å²) in [5, 5.41) is 2.99. The summed E-state index contributed by atoms with van der Waals surface area (Å²) in [6.45, 7) is 4.63. The number of thiophene rings is 2. The molecule has 230 valence electrons. The highest BCUT2D eigenvalue weighted by atomic mass is 32.1. The van der Waals surface area contributed by atoms with Crippen LogP contribution in [0.25, 0.3) is 63.3 Å². The third kappa shape index (κ3) is 6.34. The molecule has 0 aliphatic rings. The van der Waals surface area contributed by atoms with E-state index in [1.165, 1.54) is 115 Å². The number of hydrogen-bond donors (Lipinski definition) is 0. The zero-order chi connectivity index (χ0) is 31.3. The summed E-state index contributed by atoms with van der Waals surface area (Å²) in [6.07, 6.45) is 9.92. The summed E-state index contributed by atoms with van der Waals surface area (Å²) >= 11 is 3.98. The van der Waals surface area contributed by atoms with Crippen molar-refractivity contribution in [3.8, 4) is 43.1 Å². The van der Waals surface area contributed by atoms with E-state index >= 15 is 0 Å². The summed E-state index contributed by atoms with van der Waals surface area (Å²) in [6, 6.07) is 44.8. The van der Waals surface area contributed by atoms with Crippen molar-refractivity contribution in [1.29, 1.82) is 0 Å². The minimum atomic E-state index is 1.17. The second-order valence-electron chi connectivity index (χ2n) is 12.5. The lowest BCUT2D eigenvalue weighted by Crippen LogP contribution is -1.97. The number of rotatable bonds is 12. The van der Waals surface area contributed by atoms with E-state index in [0.29, 0.717) is 0 Å². The molecular formula is C44H42S2. The van der Waals surface area contributed by atoms with Crippen LogP contribution in [-0.2, 0) is 12.8 Å². The minimum Gasteiger partial charge on any atom is -0.134 e. The maximum atomic E-state index is 2.52. The molecule has 0 radical (unpaired) electrons. The second-order valence-corrected chi connectivity index (χ2v) is 14.6. The number of unbranched alkanes of at least 4 members (excludes halogenated alkanes) is 4. The van der Waals surface area contributed by atoms with Crippen LogP contribution in [0, 0.1) is 0 Å². The number of hydrogen-bond acceptors (Lipinski definition) is 2. The van der Waals surface area contributed by atoms with Crippen molar-refractivity contribution in [2.24, 2.45) is 0 Å². The van der Waals surface area contributed by atoms with Crippen LogP contribution in [0.5, 0.6) is 0 Å². The van der Waals surface area contributed by atoms with Crippen molar-refractivity contribution >= 4 is 42.8 Å². The standard InChI is InChI=1S/C44H42S2/c1-3-5-9-19-37-38(20-10-6-4-2)40-30-42(36-27-23-34(24-28-36)32-17-13-8-14-18-32)46-44(40)43-39(37)29-41(45-43)35-25-21-33(22-26-35)31-15-11-7-12-16-31/h7-8,11-18,21-30H,3-6,9-10,19-20H2,1-2H3. The van der Waals surface area contributed by atoms with E-state index in [1.807, 2.05) is 22.7 Å². The van der Waals surface area contributed by atoms with E-state index in [-0.39, 0.29) is 0 Å². The van der Waals surface area contributed by atoms with Crippen molar-refractivity contribution in [3.05, 3.63) is 132 Å². The quantitative estimate of drug-likeness (QED) is 0.117. The normalized spacial score (nSPS) is 11.5. The monoisotopic (exact) mass is 634 g/mol. The van der Waals surface area contributed by atoms with Crippen LogP contribution < -0.4 is 0 Å². The van der Waals surface area contributed by atoms with Gasteiger partial charge < -0.3 is 0 Å². The Morgan fingerprint density at radius 1 is 0.391 bits per heavy atom. The smallest absolute Gasteiger partial charge is 0.0530 e. The van der Waals surface area contributed by atoms with E-state index in [4.69, 9.17) is 0 Å².